The van der Waals surface area contributed by atoms with E-state index in [0.717, 1.165) is 16.6 Å². The van der Waals surface area contributed by atoms with E-state index in [4.69, 9.17) is 0 Å². The second kappa shape index (κ2) is 9.94. The molecule has 1 amide bonds. The van der Waals surface area contributed by atoms with Gasteiger partial charge in [0.1, 0.15) is 10.7 Å². The van der Waals surface area contributed by atoms with E-state index in [1.165, 1.54) is 12.1 Å². The van der Waals surface area contributed by atoms with Crippen molar-refractivity contribution in [2.45, 2.75) is 11.3 Å². The molecule has 3 aromatic carbocycles. The van der Waals surface area contributed by atoms with Crippen molar-refractivity contribution in [3.05, 3.63) is 96.4 Å². The predicted molar refractivity (Wildman–Crippen MR) is 138 cm³/mol. The van der Waals surface area contributed by atoms with Gasteiger partial charge in [-0.1, -0.05) is 30.3 Å². The summed E-state index contributed by atoms with van der Waals surface area (Å²) in [6.45, 7) is 2.51. The summed E-state index contributed by atoms with van der Waals surface area (Å²) in [5.41, 5.74) is 2.63. The Hall–Kier alpha value is -3.98. The first-order valence-electron chi connectivity index (χ1n) is 11.6. The van der Waals surface area contributed by atoms with Gasteiger partial charge in [-0.05, 0) is 54.1 Å². The molecule has 36 heavy (non-hydrogen) atoms. The third kappa shape index (κ3) is 5.16. The Morgan fingerprint density at radius 1 is 0.889 bits per heavy atom. The Labute approximate surface area is 209 Å². The highest BCUT2D eigenvalue weighted by atomic mass is 32.2. The molecule has 1 aliphatic rings. The number of pyridine rings is 1. The molecule has 5 rings (SSSR count). The number of rotatable bonds is 6. The number of anilines is 2. The van der Waals surface area contributed by atoms with Crippen molar-refractivity contribution in [2.24, 2.45) is 0 Å². The first-order chi connectivity index (χ1) is 17.4. The molecule has 7 nitrogen and oxygen atoms in total. The molecule has 1 aliphatic heterocycles. The maximum absolute atomic E-state index is 13.1. The fourth-order valence-corrected chi connectivity index (χ4v) is 5.59. The van der Waals surface area contributed by atoms with E-state index in [1.54, 1.807) is 48.7 Å². The van der Waals surface area contributed by atoms with Gasteiger partial charge in [-0.3, -0.25) is 14.5 Å². The summed E-state index contributed by atoms with van der Waals surface area (Å²) in [6.07, 6.45) is 1.83. The van der Waals surface area contributed by atoms with Crippen molar-refractivity contribution >= 4 is 38.2 Å². The quantitative estimate of drug-likeness (QED) is 0.428. The van der Waals surface area contributed by atoms with Gasteiger partial charge in [0.2, 0.25) is 5.91 Å². The van der Waals surface area contributed by atoms with Crippen LogP contribution in [0.2, 0.25) is 0 Å². The molecule has 1 fully saturated rings. The van der Waals surface area contributed by atoms with E-state index in [0.29, 0.717) is 37.4 Å². The minimum atomic E-state index is -3.81. The highest BCUT2D eigenvalue weighted by Crippen LogP contribution is 2.25. The molecule has 4 aromatic rings. The number of benzene rings is 3. The van der Waals surface area contributed by atoms with Crippen LogP contribution in [0.3, 0.4) is 0 Å². The number of carbonyl (C=O) groups is 1. The zero-order chi connectivity index (χ0) is 25.1. The van der Waals surface area contributed by atoms with Crippen molar-refractivity contribution in [1.82, 2.24) is 9.88 Å². The highest BCUT2D eigenvalue weighted by molar-refractivity contribution is 7.93. The zero-order valence-electron chi connectivity index (χ0n) is 19.5. The fourth-order valence-electron chi connectivity index (χ4n) is 4.35. The molecule has 9 heteroatoms. The topological polar surface area (TPSA) is 82.6 Å². The van der Waals surface area contributed by atoms with E-state index >= 15 is 0 Å². The van der Waals surface area contributed by atoms with E-state index in [9.17, 15) is 17.6 Å². The molecule has 0 atom stereocenters. The molecule has 1 N–H and O–H groups in total. The van der Waals surface area contributed by atoms with Crippen molar-refractivity contribution in [3.8, 4) is 0 Å². The molecular formula is C27H25FN4O3S. The fraction of sp³-hybridized carbons (Fsp3) is 0.185. The molecule has 0 spiro atoms. The molecule has 0 radical (unpaired) electrons. The SMILES string of the molecule is O=C(Cc1ccc(F)cc1)N1CCN(c2ccc(NS(=O)(=O)c3cccc4cccnc34)cc2)CC1. The average Bonchev–Trinajstić information content (AvgIpc) is 2.90. The van der Waals surface area contributed by atoms with E-state index in [2.05, 4.69) is 14.6 Å². The smallest absolute Gasteiger partial charge is 0.264 e. The van der Waals surface area contributed by atoms with Gasteiger partial charge >= 0.3 is 0 Å². The molecule has 0 unspecified atom stereocenters. The first-order valence-corrected chi connectivity index (χ1v) is 13.1. The van der Waals surface area contributed by atoms with E-state index in [1.807, 2.05) is 29.2 Å². The molecule has 1 aromatic heterocycles. The van der Waals surface area contributed by atoms with Crippen LogP contribution in [0.15, 0.2) is 90.0 Å². The third-order valence-corrected chi connectivity index (χ3v) is 7.68. The molecule has 184 valence electrons. The number of hydrogen-bond donors (Lipinski definition) is 1. The van der Waals surface area contributed by atoms with Crippen molar-refractivity contribution < 1.29 is 17.6 Å². The average molecular weight is 505 g/mol. The number of hydrogen-bond acceptors (Lipinski definition) is 5. The summed E-state index contributed by atoms with van der Waals surface area (Å²) in [7, 11) is -3.81. The Morgan fingerprint density at radius 2 is 1.58 bits per heavy atom. The molecule has 0 aliphatic carbocycles. The number of fused-ring (bicyclic) bond motifs is 1. The predicted octanol–water partition coefficient (Wildman–Crippen LogP) is 4.07. The lowest BCUT2D eigenvalue weighted by molar-refractivity contribution is -0.130. The van der Waals surface area contributed by atoms with Crippen molar-refractivity contribution in [3.63, 3.8) is 0 Å². The second-order valence-electron chi connectivity index (χ2n) is 8.65. The van der Waals surface area contributed by atoms with Gasteiger partial charge in [0, 0.05) is 49.1 Å². The summed E-state index contributed by atoms with van der Waals surface area (Å²) in [5, 5.41) is 0.756. The zero-order valence-corrected chi connectivity index (χ0v) is 20.3. The molecular weight excluding hydrogens is 479 g/mol. The van der Waals surface area contributed by atoms with E-state index < -0.39 is 10.0 Å². The highest BCUT2D eigenvalue weighted by Gasteiger charge is 2.22. The van der Waals surface area contributed by atoms with Gasteiger partial charge in [-0.15, -0.1) is 0 Å². The Bertz CT molecular complexity index is 1480. The minimum absolute atomic E-state index is 0.0222. The van der Waals surface area contributed by atoms with Crippen LogP contribution < -0.4 is 9.62 Å². The minimum Gasteiger partial charge on any atom is -0.368 e. The van der Waals surface area contributed by atoms with Crippen LogP contribution in [-0.2, 0) is 21.2 Å². The summed E-state index contributed by atoms with van der Waals surface area (Å²) < 4.78 is 41.8. The standard InChI is InChI=1S/C27H25FN4O3S/c28-22-8-6-20(7-9-22)19-26(33)32-17-15-31(16-18-32)24-12-10-23(11-13-24)30-36(34,35)25-5-1-3-21-4-2-14-29-27(21)25/h1-14,30H,15-19H2. The van der Waals surface area contributed by atoms with Gasteiger partial charge < -0.3 is 9.80 Å². The van der Waals surface area contributed by atoms with Gasteiger partial charge in [0.25, 0.3) is 10.0 Å². The number of para-hydroxylation sites is 1. The van der Waals surface area contributed by atoms with Crippen LogP contribution in [0.1, 0.15) is 5.56 Å². The molecule has 2 heterocycles. The van der Waals surface area contributed by atoms with Crippen LogP contribution >= 0.6 is 0 Å². The second-order valence-corrected chi connectivity index (χ2v) is 10.3. The Balaban J connectivity index is 1.20. The Kier molecular flexibility index (Phi) is 6.56. The number of aromatic nitrogens is 1. The van der Waals surface area contributed by atoms with Crippen molar-refractivity contribution in [2.75, 3.05) is 35.8 Å². The van der Waals surface area contributed by atoms with Crippen LogP contribution in [0.25, 0.3) is 10.9 Å². The summed E-state index contributed by atoms with van der Waals surface area (Å²) in [5.74, 6) is -0.293. The number of carbonyl (C=O) groups excluding carboxylic acids is 1. The molecule has 0 bridgehead atoms. The van der Waals surface area contributed by atoms with E-state index in [-0.39, 0.29) is 23.0 Å². The lowest BCUT2D eigenvalue weighted by atomic mass is 10.1. The van der Waals surface area contributed by atoms with Gasteiger partial charge in [0.05, 0.1) is 11.9 Å². The van der Waals surface area contributed by atoms with Gasteiger partial charge in [-0.25, -0.2) is 12.8 Å². The van der Waals surface area contributed by atoms with Crippen LogP contribution in [0.4, 0.5) is 15.8 Å². The first kappa shape index (κ1) is 23.7. The van der Waals surface area contributed by atoms with Gasteiger partial charge in [-0.2, -0.15) is 0 Å². The summed E-state index contributed by atoms with van der Waals surface area (Å²) in [6, 6.07) is 21.9. The maximum atomic E-state index is 13.1. The monoisotopic (exact) mass is 504 g/mol. The number of nitrogens with zero attached hydrogens (tertiary/aromatic N) is 3. The van der Waals surface area contributed by atoms with Crippen LogP contribution in [0.5, 0.6) is 0 Å². The lowest BCUT2D eigenvalue weighted by Gasteiger charge is -2.36. The van der Waals surface area contributed by atoms with Gasteiger partial charge in [0.15, 0.2) is 0 Å². The number of amides is 1. The molecule has 0 saturated carbocycles. The Morgan fingerprint density at radius 3 is 2.31 bits per heavy atom. The molecule has 1 saturated heterocycles. The lowest BCUT2D eigenvalue weighted by Crippen LogP contribution is -2.49. The third-order valence-electron chi connectivity index (χ3n) is 6.27. The number of piperazine rings is 1. The number of nitrogens with one attached hydrogen (secondary N) is 1. The number of halogens is 1. The summed E-state index contributed by atoms with van der Waals surface area (Å²) in [4.78, 5) is 21.0. The van der Waals surface area contributed by atoms with Crippen molar-refractivity contribution in [1.29, 1.82) is 0 Å². The normalized spacial score (nSPS) is 14.1. The largest absolute Gasteiger partial charge is 0.368 e. The van der Waals surface area contributed by atoms with Crippen LogP contribution in [-0.4, -0.2) is 50.4 Å². The maximum Gasteiger partial charge on any atom is 0.264 e. The van der Waals surface area contributed by atoms with Crippen LogP contribution in [0, 0.1) is 5.82 Å². The number of sulfonamides is 1. The summed E-state index contributed by atoms with van der Waals surface area (Å²) >= 11 is 0.